The predicted octanol–water partition coefficient (Wildman–Crippen LogP) is 4.04. The lowest BCUT2D eigenvalue weighted by atomic mass is 9.99. The number of pyridine rings is 1. The summed E-state index contributed by atoms with van der Waals surface area (Å²) in [6, 6.07) is 16.0. The van der Waals surface area contributed by atoms with Gasteiger partial charge in [0.1, 0.15) is 12.3 Å². The molecule has 0 spiro atoms. The number of aryl methyl sites for hydroxylation is 3. The molecule has 0 unspecified atom stereocenters. The second-order valence-corrected chi connectivity index (χ2v) is 15.5. The van der Waals surface area contributed by atoms with Crippen molar-refractivity contribution in [2.75, 3.05) is 39.3 Å². The highest BCUT2D eigenvalue weighted by Crippen LogP contribution is 2.31. The second kappa shape index (κ2) is 14.0. The monoisotopic (exact) mass is 688 g/mol. The number of benzene rings is 3. The van der Waals surface area contributed by atoms with Gasteiger partial charge in [-0.3, -0.25) is 9.11 Å². The summed E-state index contributed by atoms with van der Waals surface area (Å²) < 4.78 is 77.3. The van der Waals surface area contributed by atoms with E-state index in [0.717, 1.165) is 5.56 Å². The van der Waals surface area contributed by atoms with Crippen LogP contribution in [0.4, 0.5) is 0 Å². The summed E-state index contributed by atoms with van der Waals surface area (Å²) in [6.07, 6.45) is 0.375. The second-order valence-electron chi connectivity index (χ2n) is 12.3. The molecule has 0 saturated heterocycles. The molecule has 12 nitrogen and oxygen atoms in total. The van der Waals surface area contributed by atoms with Gasteiger partial charge in [-0.05, 0) is 55.3 Å². The number of ether oxygens (including phenoxy) is 2. The zero-order valence-corrected chi connectivity index (χ0v) is 28.7. The number of carbonyl (C=O) groups is 2. The summed E-state index contributed by atoms with van der Waals surface area (Å²) in [5, 5.41) is 1.12. The summed E-state index contributed by atoms with van der Waals surface area (Å²) in [5.74, 6) is -1.63. The number of fused-ring (bicyclic) bond motifs is 2. The van der Waals surface area contributed by atoms with Crippen molar-refractivity contribution in [2.45, 2.75) is 39.8 Å². The highest BCUT2D eigenvalue weighted by molar-refractivity contribution is 7.86. The lowest BCUT2D eigenvalue weighted by Crippen LogP contribution is -2.40. The molecule has 0 saturated carbocycles. The van der Waals surface area contributed by atoms with Gasteiger partial charge >= 0.3 is 11.9 Å². The fourth-order valence-corrected chi connectivity index (χ4v) is 6.91. The lowest BCUT2D eigenvalue weighted by molar-refractivity contribution is -0.903. The van der Waals surface area contributed by atoms with Crippen molar-refractivity contribution in [3.8, 4) is 5.75 Å². The van der Waals surface area contributed by atoms with Crippen molar-refractivity contribution < 1.29 is 54.1 Å². The van der Waals surface area contributed by atoms with E-state index in [2.05, 4.69) is 0 Å². The first-order valence-electron chi connectivity index (χ1n) is 14.9. The van der Waals surface area contributed by atoms with Crippen molar-refractivity contribution in [1.82, 2.24) is 0 Å². The van der Waals surface area contributed by atoms with Crippen LogP contribution in [0.1, 0.15) is 50.2 Å². The van der Waals surface area contributed by atoms with Gasteiger partial charge in [0.05, 0.1) is 61.2 Å². The number of hydrogen-bond donors (Lipinski definition) is 2. The van der Waals surface area contributed by atoms with Crippen LogP contribution < -0.4 is 9.30 Å². The van der Waals surface area contributed by atoms with Gasteiger partial charge in [0.15, 0.2) is 6.54 Å². The number of aromatic nitrogens is 1. The molecule has 0 aliphatic rings. The predicted molar refractivity (Wildman–Crippen MR) is 177 cm³/mol. The molecule has 47 heavy (non-hydrogen) atoms. The number of methoxy groups -OCH3 is 1. The quantitative estimate of drug-likeness (QED) is 0.0523. The third-order valence-corrected chi connectivity index (χ3v) is 9.54. The molecule has 0 fully saturated rings. The van der Waals surface area contributed by atoms with Crippen LogP contribution in [0.2, 0.25) is 0 Å². The number of hydrogen-bond acceptors (Lipinski definition) is 8. The summed E-state index contributed by atoms with van der Waals surface area (Å²) in [4.78, 5) is 26.3. The zero-order valence-electron chi connectivity index (χ0n) is 27.0. The fraction of sp³-hybridized carbons (Fsp3) is 0.364. The molecule has 1 heterocycles. The van der Waals surface area contributed by atoms with E-state index in [1.165, 1.54) is 7.11 Å². The number of rotatable bonds is 13. The highest BCUT2D eigenvalue weighted by Gasteiger charge is 2.28. The summed E-state index contributed by atoms with van der Waals surface area (Å²) >= 11 is 0. The Hall–Kier alpha value is -3.95. The Kier molecular flexibility index (Phi) is 10.7. The Morgan fingerprint density at radius 3 is 2.02 bits per heavy atom. The van der Waals surface area contributed by atoms with Crippen molar-refractivity contribution in [3.05, 3.63) is 82.4 Å². The summed E-state index contributed by atoms with van der Waals surface area (Å²) in [7, 11) is -3.12. The Balaban J connectivity index is 1.86. The van der Waals surface area contributed by atoms with Gasteiger partial charge in [-0.2, -0.15) is 21.4 Å². The van der Waals surface area contributed by atoms with E-state index in [0.29, 0.717) is 61.8 Å². The number of carbonyl (C=O) groups excluding carboxylic acids is 2. The molecule has 0 aliphatic heterocycles. The average Bonchev–Trinajstić information content (AvgIpc) is 2.96. The van der Waals surface area contributed by atoms with Gasteiger partial charge in [0.25, 0.3) is 20.2 Å². The van der Waals surface area contributed by atoms with Gasteiger partial charge in [-0.1, -0.05) is 12.1 Å². The van der Waals surface area contributed by atoms with E-state index in [-0.39, 0.29) is 30.7 Å². The molecule has 4 rings (SSSR count). The van der Waals surface area contributed by atoms with E-state index < -0.39 is 37.9 Å². The van der Waals surface area contributed by atoms with Crippen molar-refractivity contribution in [3.63, 3.8) is 0 Å². The minimum absolute atomic E-state index is 0.122. The molecule has 4 aromatic rings. The van der Waals surface area contributed by atoms with Crippen LogP contribution in [-0.4, -0.2) is 81.6 Å². The standard InChI is InChI=1S/C33H38N2O10S2/c1-22-18-25(32(36)44-5)19-23(2)31(22)45-33(37)30-26-10-6-7-11-28(26)34(14-8-16-46(38,39)40)29-13-12-24(20-27(29)30)21-35(3,4)15-9-17-47(41,42)43/h6-7,10-13,18-20H,8-9,14-17,21H2,1-5H3/p+2. The first-order chi connectivity index (χ1) is 21.9. The Labute approximate surface area is 274 Å². The van der Waals surface area contributed by atoms with E-state index in [1.807, 2.05) is 49.0 Å². The number of esters is 2. The number of quaternary nitrogens is 1. The molecule has 0 amide bonds. The van der Waals surface area contributed by atoms with Crippen LogP contribution >= 0.6 is 0 Å². The van der Waals surface area contributed by atoms with Crippen LogP contribution in [0, 0.1) is 13.8 Å². The van der Waals surface area contributed by atoms with Crippen LogP contribution in [-0.2, 0) is 38.1 Å². The first kappa shape index (κ1) is 35.9. The van der Waals surface area contributed by atoms with Gasteiger partial charge in [-0.15, -0.1) is 0 Å². The van der Waals surface area contributed by atoms with E-state index >= 15 is 0 Å². The normalized spacial score (nSPS) is 12.4. The number of para-hydroxylation sites is 1. The summed E-state index contributed by atoms with van der Waals surface area (Å²) in [5.41, 5.74) is 3.88. The average molecular weight is 689 g/mol. The minimum Gasteiger partial charge on any atom is -0.465 e. The number of nitrogens with zero attached hydrogens (tertiary/aromatic N) is 2. The molecule has 3 aromatic carbocycles. The molecule has 252 valence electrons. The molecule has 0 aliphatic carbocycles. The Morgan fingerprint density at radius 2 is 1.40 bits per heavy atom. The van der Waals surface area contributed by atoms with E-state index in [1.54, 1.807) is 38.1 Å². The maximum Gasteiger partial charge on any atom is 0.345 e. The van der Waals surface area contributed by atoms with Crippen molar-refractivity contribution >= 4 is 54.0 Å². The third-order valence-electron chi connectivity index (χ3n) is 7.93. The van der Waals surface area contributed by atoms with Crippen LogP contribution in [0.5, 0.6) is 5.75 Å². The van der Waals surface area contributed by atoms with Gasteiger partial charge < -0.3 is 14.0 Å². The smallest absolute Gasteiger partial charge is 0.345 e. The molecular weight excluding hydrogens is 649 g/mol. The molecule has 1 aromatic heterocycles. The maximum atomic E-state index is 14.2. The molecule has 14 heteroatoms. The molecule has 0 bridgehead atoms. The summed E-state index contributed by atoms with van der Waals surface area (Å²) in [6.45, 7) is 4.62. The lowest BCUT2D eigenvalue weighted by Gasteiger charge is -2.30. The molecule has 2 N–H and O–H groups in total. The highest BCUT2D eigenvalue weighted by atomic mass is 32.2. The minimum atomic E-state index is -4.19. The third kappa shape index (κ3) is 9.11. The molecule has 0 radical (unpaired) electrons. The molecular formula is C33H40N2O10S2+2. The van der Waals surface area contributed by atoms with E-state index in [9.17, 15) is 31.0 Å². The van der Waals surface area contributed by atoms with Gasteiger partial charge in [0.2, 0.25) is 11.0 Å². The fourth-order valence-electron chi connectivity index (χ4n) is 5.92. The van der Waals surface area contributed by atoms with Crippen LogP contribution in [0.3, 0.4) is 0 Å². The molecule has 0 atom stereocenters. The van der Waals surface area contributed by atoms with Crippen LogP contribution in [0.25, 0.3) is 21.8 Å². The van der Waals surface area contributed by atoms with Gasteiger partial charge in [0, 0.05) is 30.5 Å². The van der Waals surface area contributed by atoms with Crippen LogP contribution in [0.15, 0.2) is 54.6 Å². The largest absolute Gasteiger partial charge is 0.465 e. The zero-order chi connectivity index (χ0) is 34.7. The topological polar surface area (TPSA) is 165 Å². The van der Waals surface area contributed by atoms with E-state index in [4.69, 9.17) is 14.0 Å². The van der Waals surface area contributed by atoms with Gasteiger partial charge in [-0.25, -0.2) is 9.59 Å². The van der Waals surface area contributed by atoms with Crippen molar-refractivity contribution in [2.24, 2.45) is 0 Å². The Morgan fingerprint density at radius 1 is 0.809 bits per heavy atom. The maximum absolute atomic E-state index is 14.2. The Bertz CT molecular complexity index is 2050. The first-order valence-corrected chi connectivity index (χ1v) is 18.1. The SMILES string of the molecule is COC(=O)c1cc(C)c(OC(=O)c2c3ccccc3[n+](CCCS(=O)(=O)O)c3ccc(C[N+](C)(C)CCCS(=O)(=O)O)cc23)c(C)c1. The van der Waals surface area contributed by atoms with Crippen molar-refractivity contribution in [1.29, 1.82) is 0 Å².